The molecule has 7 heteroatoms. The lowest BCUT2D eigenvalue weighted by Crippen LogP contribution is -2.56. The Bertz CT molecular complexity index is 1390. The standard InChI is InChI=1S/C31H30ClN3O2S/c1-5-33-27-18-26(32)21(16-24(27)20(2)19-31(33,3)4)17-25-28(36)34(22-12-8-6-9-13-22)30(38)35(29(25)37)23-14-10-7-11-15-23/h6-18,20H,5,19H2,1-4H3. The molecule has 2 amide bonds. The van der Waals surface area contributed by atoms with E-state index in [0.29, 0.717) is 27.9 Å². The van der Waals surface area contributed by atoms with Gasteiger partial charge in [-0.25, -0.2) is 0 Å². The number of halogens is 1. The van der Waals surface area contributed by atoms with Gasteiger partial charge < -0.3 is 4.90 Å². The van der Waals surface area contributed by atoms with Crippen molar-refractivity contribution >= 4 is 63.9 Å². The number of hydrogen-bond donors (Lipinski definition) is 0. The summed E-state index contributed by atoms with van der Waals surface area (Å²) in [4.78, 5) is 32.9. The van der Waals surface area contributed by atoms with E-state index in [4.69, 9.17) is 23.8 Å². The highest BCUT2D eigenvalue weighted by Crippen LogP contribution is 2.45. The van der Waals surface area contributed by atoms with Crippen molar-refractivity contribution in [2.75, 3.05) is 21.2 Å². The molecule has 1 fully saturated rings. The van der Waals surface area contributed by atoms with Gasteiger partial charge in [0.2, 0.25) is 0 Å². The highest BCUT2D eigenvalue weighted by Gasteiger charge is 2.41. The van der Waals surface area contributed by atoms with Crippen molar-refractivity contribution in [2.24, 2.45) is 0 Å². The lowest BCUT2D eigenvalue weighted by molar-refractivity contribution is -0.120. The molecule has 0 saturated carbocycles. The maximum absolute atomic E-state index is 13.8. The molecule has 2 aliphatic heterocycles. The summed E-state index contributed by atoms with van der Waals surface area (Å²) in [7, 11) is 0. The Morgan fingerprint density at radius 3 is 1.97 bits per heavy atom. The maximum Gasteiger partial charge on any atom is 0.270 e. The predicted octanol–water partition coefficient (Wildman–Crippen LogP) is 7.20. The second-order valence-electron chi connectivity index (χ2n) is 10.4. The monoisotopic (exact) mass is 543 g/mol. The molecular formula is C31H30ClN3O2S. The van der Waals surface area contributed by atoms with E-state index in [1.54, 1.807) is 30.3 Å². The van der Waals surface area contributed by atoms with Crippen molar-refractivity contribution in [3.63, 3.8) is 0 Å². The molecule has 194 valence electrons. The molecule has 2 heterocycles. The first-order valence-electron chi connectivity index (χ1n) is 12.8. The van der Waals surface area contributed by atoms with Gasteiger partial charge in [0.05, 0.1) is 11.4 Å². The van der Waals surface area contributed by atoms with Crippen molar-refractivity contribution in [1.82, 2.24) is 0 Å². The first-order valence-corrected chi connectivity index (χ1v) is 13.6. The summed E-state index contributed by atoms with van der Waals surface area (Å²) in [6, 6.07) is 22.3. The normalized spacial score (nSPS) is 19.1. The molecule has 1 unspecified atom stereocenters. The Morgan fingerprint density at radius 2 is 1.47 bits per heavy atom. The first-order chi connectivity index (χ1) is 18.1. The molecule has 38 heavy (non-hydrogen) atoms. The Balaban J connectivity index is 1.66. The molecule has 5 nitrogen and oxygen atoms in total. The maximum atomic E-state index is 13.8. The summed E-state index contributed by atoms with van der Waals surface area (Å²) in [6.07, 6.45) is 2.60. The zero-order valence-corrected chi connectivity index (χ0v) is 23.5. The van der Waals surface area contributed by atoms with E-state index < -0.39 is 11.8 Å². The van der Waals surface area contributed by atoms with Crippen LogP contribution in [-0.2, 0) is 9.59 Å². The molecular weight excluding hydrogens is 514 g/mol. The van der Waals surface area contributed by atoms with Crippen LogP contribution in [0.3, 0.4) is 0 Å². The lowest BCUT2D eigenvalue weighted by atomic mass is 9.79. The number of para-hydroxylation sites is 2. The molecule has 3 aromatic carbocycles. The molecule has 0 N–H and O–H groups in total. The van der Waals surface area contributed by atoms with Gasteiger partial charge in [-0.3, -0.25) is 19.4 Å². The van der Waals surface area contributed by atoms with Crippen LogP contribution in [0.5, 0.6) is 0 Å². The average Bonchev–Trinajstić information content (AvgIpc) is 2.88. The number of thiocarbonyl (C=S) groups is 1. The average molecular weight is 544 g/mol. The fraction of sp³-hybridized carbons (Fsp3) is 0.258. The molecule has 5 rings (SSSR count). The highest BCUT2D eigenvalue weighted by atomic mass is 35.5. The van der Waals surface area contributed by atoms with Crippen molar-refractivity contribution in [2.45, 2.75) is 45.6 Å². The summed E-state index contributed by atoms with van der Waals surface area (Å²) in [5.74, 6) is -0.655. The Labute approximate surface area is 234 Å². The molecule has 0 spiro atoms. The predicted molar refractivity (Wildman–Crippen MR) is 160 cm³/mol. The number of carbonyl (C=O) groups excluding carboxylic acids is 2. The van der Waals surface area contributed by atoms with Gasteiger partial charge in [-0.15, -0.1) is 0 Å². The van der Waals surface area contributed by atoms with Gasteiger partial charge >= 0.3 is 0 Å². The van der Waals surface area contributed by atoms with Crippen LogP contribution in [0.15, 0.2) is 78.4 Å². The first kappa shape index (κ1) is 26.1. The van der Waals surface area contributed by atoms with Gasteiger partial charge in [0.1, 0.15) is 5.57 Å². The molecule has 1 saturated heterocycles. The minimum Gasteiger partial charge on any atom is -0.366 e. The Kier molecular flexibility index (Phi) is 6.88. The second-order valence-corrected chi connectivity index (χ2v) is 11.2. The molecule has 0 aliphatic carbocycles. The zero-order chi connectivity index (χ0) is 27.2. The minimum atomic E-state index is -0.475. The zero-order valence-electron chi connectivity index (χ0n) is 21.9. The molecule has 3 aromatic rings. The van der Waals surface area contributed by atoms with E-state index in [1.165, 1.54) is 9.80 Å². The van der Waals surface area contributed by atoms with Crippen LogP contribution in [0.4, 0.5) is 17.1 Å². The van der Waals surface area contributed by atoms with Crippen molar-refractivity contribution in [1.29, 1.82) is 0 Å². The summed E-state index contributed by atoms with van der Waals surface area (Å²) in [6.45, 7) is 9.71. The van der Waals surface area contributed by atoms with Gasteiger partial charge in [-0.05, 0) is 98.9 Å². The van der Waals surface area contributed by atoms with E-state index >= 15 is 0 Å². The Hall–Kier alpha value is -3.48. The van der Waals surface area contributed by atoms with Gasteiger partial charge in [0.25, 0.3) is 11.8 Å². The number of carbonyl (C=O) groups is 2. The number of rotatable bonds is 4. The van der Waals surface area contributed by atoms with Crippen LogP contribution in [0.25, 0.3) is 6.08 Å². The van der Waals surface area contributed by atoms with Crippen molar-refractivity contribution < 1.29 is 9.59 Å². The third kappa shape index (κ3) is 4.42. The van der Waals surface area contributed by atoms with Crippen molar-refractivity contribution in [3.05, 3.63) is 94.5 Å². The number of anilines is 3. The number of hydrogen-bond acceptors (Lipinski definition) is 4. The summed E-state index contributed by atoms with van der Waals surface area (Å²) >= 11 is 12.5. The largest absolute Gasteiger partial charge is 0.366 e. The van der Waals surface area contributed by atoms with Crippen molar-refractivity contribution in [3.8, 4) is 0 Å². The van der Waals surface area contributed by atoms with Crippen LogP contribution in [0.1, 0.15) is 51.2 Å². The van der Waals surface area contributed by atoms with Crippen LogP contribution in [-0.4, -0.2) is 29.0 Å². The number of nitrogens with zero attached hydrogens (tertiary/aromatic N) is 3. The van der Waals surface area contributed by atoms with E-state index in [1.807, 2.05) is 48.5 Å². The molecule has 0 radical (unpaired) electrons. The van der Waals surface area contributed by atoms with E-state index in [2.05, 4.69) is 32.6 Å². The lowest BCUT2D eigenvalue weighted by Gasteiger charge is -2.47. The smallest absolute Gasteiger partial charge is 0.270 e. The van der Waals surface area contributed by atoms with E-state index in [0.717, 1.165) is 24.2 Å². The molecule has 0 aromatic heterocycles. The van der Waals surface area contributed by atoms with Crippen LogP contribution < -0.4 is 14.7 Å². The second kappa shape index (κ2) is 10.0. The Morgan fingerprint density at radius 1 is 0.947 bits per heavy atom. The third-order valence-electron chi connectivity index (χ3n) is 7.40. The van der Waals surface area contributed by atoms with Crippen LogP contribution >= 0.6 is 23.8 Å². The van der Waals surface area contributed by atoms with Gasteiger partial charge in [0.15, 0.2) is 5.11 Å². The highest BCUT2D eigenvalue weighted by molar-refractivity contribution is 7.81. The quantitative estimate of drug-likeness (QED) is 0.198. The van der Waals surface area contributed by atoms with Crippen LogP contribution in [0.2, 0.25) is 5.02 Å². The van der Waals surface area contributed by atoms with Gasteiger partial charge in [-0.2, -0.15) is 0 Å². The fourth-order valence-corrected chi connectivity index (χ4v) is 6.31. The summed E-state index contributed by atoms with van der Waals surface area (Å²) in [5.41, 5.74) is 4.08. The SMILES string of the molecule is CCN1c2cc(Cl)c(C=C3C(=O)N(c4ccccc4)C(=S)N(c4ccccc4)C3=O)cc2C(C)CC1(C)C. The van der Waals surface area contributed by atoms with Gasteiger partial charge in [0, 0.05) is 22.8 Å². The third-order valence-corrected chi connectivity index (χ3v) is 8.09. The number of benzene rings is 3. The number of fused-ring (bicyclic) bond motifs is 1. The van der Waals surface area contributed by atoms with Gasteiger partial charge in [-0.1, -0.05) is 54.9 Å². The van der Waals surface area contributed by atoms with E-state index in [-0.39, 0.29) is 16.2 Å². The molecule has 1 atom stereocenters. The number of amides is 2. The van der Waals surface area contributed by atoms with E-state index in [9.17, 15) is 9.59 Å². The van der Waals surface area contributed by atoms with Crippen LogP contribution in [0, 0.1) is 0 Å². The topological polar surface area (TPSA) is 43.9 Å². The summed E-state index contributed by atoms with van der Waals surface area (Å²) < 4.78 is 0. The minimum absolute atomic E-state index is 0.00183. The molecule has 2 aliphatic rings. The fourth-order valence-electron chi connectivity index (χ4n) is 5.72. The molecule has 0 bridgehead atoms. The summed E-state index contributed by atoms with van der Waals surface area (Å²) in [5, 5.41) is 0.603.